The predicted molar refractivity (Wildman–Crippen MR) is 166 cm³/mol. The van der Waals surface area contributed by atoms with E-state index in [1.807, 2.05) is 37.3 Å². The molecule has 230 valence electrons. The molecule has 3 rings (SSSR count). The Morgan fingerprint density at radius 3 is 2.50 bits per heavy atom. The third-order valence-corrected chi connectivity index (χ3v) is 8.71. The van der Waals surface area contributed by atoms with E-state index in [9.17, 15) is 24.0 Å². The van der Waals surface area contributed by atoms with Gasteiger partial charge in [0, 0.05) is 19.4 Å². The predicted octanol–water partition coefficient (Wildman–Crippen LogP) is 2.67. The zero-order valence-electron chi connectivity index (χ0n) is 24.6. The molecule has 0 aliphatic carbocycles. The standard InChI is InChI=1S/C30H42N4O6S2/c1-4-40-29(41)42-19-21(35)14-9-6-10-15-22-25(36)33-30(2,3)28(39)32-23(18-20-12-7-5-8-13-20)27(38)34-17-11-16-24(34)26(37)31-22/h5,7-8,12-13,22-24H,4,6,9-11,14-19H2,1-3H3,(H,31,37)(H,32,39)(H,33,36)/t22-,23-,24-/m0/s1. The van der Waals surface area contributed by atoms with Gasteiger partial charge >= 0.3 is 0 Å². The molecule has 0 bridgehead atoms. The van der Waals surface area contributed by atoms with Crippen LogP contribution in [0.15, 0.2) is 30.3 Å². The Balaban J connectivity index is 1.66. The van der Waals surface area contributed by atoms with Crippen LogP contribution in [0.4, 0.5) is 0 Å². The molecule has 2 heterocycles. The van der Waals surface area contributed by atoms with Crippen molar-refractivity contribution < 1.29 is 28.7 Å². The molecule has 2 saturated heterocycles. The lowest BCUT2D eigenvalue weighted by Gasteiger charge is -2.34. The molecule has 2 fully saturated rings. The molecule has 3 N–H and O–H groups in total. The monoisotopic (exact) mass is 618 g/mol. The SMILES string of the molecule is CCOC(=S)SCC(=O)CCCCC[C@@H]1NC(=O)[C@@H]2CCCN2C(=O)[C@H](Cc2ccccc2)NC(=O)C(C)(C)NC1=O. The van der Waals surface area contributed by atoms with Crippen LogP contribution < -0.4 is 16.0 Å². The zero-order chi connectivity index (χ0) is 30.7. The minimum atomic E-state index is -1.33. The van der Waals surface area contributed by atoms with Crippen LogP contribution in [0.1, 0.15) is 71.3 Å². The second-order valence-electron chi connectivity index (χ2n) is 11.2. The van der Waals surface area contributed by atoms with E-state index in [1.54, 1.807) is 13.8 Å². The highest BCUT2D eigenvalue weighted by Gasteiger charge is 2.42. The summed E-state index contributed by atoms with van der Waals surface area (Å²) in [5.41, 5.74) is -0.454. The normalized spacial score (nSPS) is 22.6. The molecule has 2 aliphatic rings. The first-order valence-electron chi connectivity index (χ1n) is 14.6. The molecule has 0 unspecified atom stereocenters. The lowest BCUT2D eigenvalue weighted by Crippen LogP contribution is -2.64. The molecule has 1 aromatic carbocycles. The summed E-state index contributed by atoms with van der Waals surface area (Å²) in [6, 6.07) is 6.90. The van der Waals surface area contributed by atoms with Gasteiger partial charge < -0.3 is 25.6 Å². The van der Waals surface area contributed by atoms with E-state index in [-0.39, 0.29) is 29.8 Å². The number of nitrogens with one attached hydrogen (secondary N) is 3. The lowest BCUT2D eigenvalue weighted by molar-refractivity contribution is -0.144. The van der Waals surface area contributed by atoms with Gasteiger partial charge in [0.25, 0.3) is 0 Å². The lowest BCUT2D eigenvalue weighted by atomic mass is 9.98. The average molecular weight is 619 g/mol. The molecule has 12 heteroatoms. The van der Waals surface area contributed by atoms with Crippen molar-refractivity contribution >= 4 is 57.8 Å². The minimum Gasteiger partial charge on any atom is -0.479 e. The van der Waals surface area contributed by atoms with Gasteiger partial charge in [0.2, 0.25) is 28.0 Å². The molecule has 2 aliphatic heterocycles. The van der Waals surface area contributed by atoms with Crippen molar-refractivity contribution in [2.45, 2.75) is 95.8 Å². The third-order valence-electron chi connectivity index (χ3n) is 7.42. The number of carbonyl (C=O) groups excluding carboxylic acids is 5. The van der Waals surface area contributed by atoms with E-state index in [1.165, 1.54) is 16.7 Å². The Kier molecular flexibility index (Phi) is 12.8. The van der Waals surface area contributed by atoms with Crippen LogP contribution in [0.5, 0.6) is 0 Å². The van der Waals surface area contributed by atoms with E-state index >= 15 is 0 Å². The van der Waals surface area contributed by atoms with Crippen molar-refractivity contribution in [3.8, 4) is 0 Å². The summed E-state index contributed by atoms with van der Waals surface area (Å²) in [6.45, 7) is 5.86. The maximum atomic E-state index is 13.7. The van der Waals surface area contributed by atoms with Crippen molar-refractivity contribution in [1.29, 1.82) is 0 Å². The number of rotatable bonds is 11. The van der Waals surface area contributed by atoms with Gasteiger partial charge in [0.05, 0.1) is 12.4 Å². The van der Waals surface area contributed by atoms with Gasteiger partial charge in [-0.1, -0.05) is 54.9 Å². The second kappa shape index (κ2) is 16.0. The molecule has 10 nitrogen and oxygen atoms in total. The van der Waals surface area contributed by atoms with Gasteiger partial charge in [-0.15, -0.1) is 0 Å². The van der Waals surface area contributed by atoms with Crippen LogP contribution in [-0.4, -0.2) is 81.3 Å². The van der Waals surface area contributed by atoms with Crippen molar-refractivity contribution in [1.82, 2.24) is 20.9 Å². The molecular formula is C30H42N4O6S2. The van der Waals surface area contributed by atoms with Gasteiger partial charge in [-0.3, -0.25) is 24.0 Å². The highest BCUT2D eigenvalue weighted by atomic mass is 32.2. The highest BCUT2D eigenvalue weighted by Crippen LogP contribution is 2.22. The van der Waals surface area contributed by atoms with Gasteiger partial charge in [-0.25, -0.2) is 0 Å². The Morgan fingerprint density at radius 2 is 1.79 bits per heavy atom. The smallest absolute Gasteiger partial charge is 0.246 e. The molecule has 3 atom stereocenters. The van der Waals surface area contributed by atoms with Gasteiger partial charge in [-0.2, -0.15) is 0 Å². The van der Waals surface area contributed by atoms with E-state index < -0.39 is 35.5 Å². The molecular weight excluding hydrogens is 576 g/mol. The van der Waals surface area contributed by atoms with E-state index in [2.05, 4.69) is 16.0 Å². The first-order valence-corrected chi connectivity index (χ1v) is 16.0. The first-order chi connectivity index (χ1) is 20.0. The molecule has 4 amide bonds. The molecule has 0 radical (unpaired) electrons. The van der Waals surface area contributed by atoms with Crippen molar-refractivity contribution in [3.05, 3.63) is 35.9 Å². The zero-order valence-corrected chi connectivity index (χ0v) is 26.2. The Labute approximate surface area is 257 Å². The van der Waals surface area contributed by atoms with Crippen LogP contribution in [0, 0.1) is 0 Å². The number of amides is 4. The minimum absolute atomic E-state index is 0.0726. The van der Waals surface area contributed by atoms with Crippen LogP contribution in [0.25, 0.3) is 0 Å². The Hall–Kier alpha value is -2.99. The molecule has 42 heavy (non-hydrogen) atoms. The van der Waals surface area contributed by atoms with Crippen LogP contribution in [0.2, 0.25) is 0 Å². The van der Waals surface area contributed by atoms with Crippen molar-refractivity contribution in [2.75, 3.05) is 18.9 Å². The van der Waals surface area contributed by atoms with Gasteiger partial charge in [0.1, 0.15) is 29.4 Å². The van der Waals surface area contributed by atoms with E-state index in [0.717, 1.165) is 5.56 Å². The summed E-state index contributed by atoms with van der Waals surface area (Å²) in [7, 11) is 0. The summed E-state index contributed by atoms with van der Waals surface area (Å²) in [5.74, 6) is -1.29. The fraction of sp³-hybridized carbons (Fsp3) is 0.600. The van der Waals surface area contributed by atoms with Crippen LogP contribution in [-0.2, 0) is 35.1 Å². The summed E-state index contributed by atoms with van der Waals surface area (Å²) in [5, 5.41) is 8.50. The van der Waals surface area contributed by atoms with Crippen LogP contribution in [0.3, 0.4) is 0 Å². The van der Waals surface area contributed by atoms with Gasteiger partial charge in [0.15, 0.2) is 0 Å². The second-order valence-corrected chi connectivity index (χ2v) is 12.8. The number of fused-ring (bicyclic) bond motifs is 1. The Morgan fingerprint density at radius 1 is 1.05 bits per heavy atom. The van der Waals surface area contributed by atoms with E-state index in [0.29, 0.717) is 62.5 Å². The number of thiocarbonyl (C=S) groups is 1. The fourth-order valence-electron chi connectivity index (χ4n) is 5.10. The molecule has 1 aromatic rings. The first kappa shape index (κ1) is 33.5. The largest absolute Gasteiger partial charge is 0.479 e. The number of nitrogens with zero attached hydrogens (tertiary/aromatic N) is 1. The molecule has 0 aromatic heterocycles. The number of carbonyl (C=O) groups is 5. The van der Waals surface area contributed by atoms with Gasteiger partial charge in [-0.05, 0) is 64.2 Å². The summed E-state index contributed by atoms with van der Waals surface area (Å²) >= 11 is 6.25. The third kappa shape index (κ3) is 9.79. The maximum absolute atomic E-state index is 13.7. The number of ketones is 1. The number of thioether (sulfide) groups is 1. The quantitative estimate of drug-likeness (QED) is 0.255. The summed E-state index contributed by atoms with van der Waals surface area (Å²) in [6.07, 6.45) is 4.05. The number of ether oxygens (including phenoxy) is 1. The summed E-state index contributed by atoms with van der Waals surface area (Å²) in [4.78, 5) is 67.6. The number of benzene rings is 1. The van der Waals surface area contributed by atoms with Crippen LogP contribution >= 0.6 is 24.0 Å². The number of unbranched alkanes of at least 4 members (excludes halogenated alkanes) is 2. The number of Topliss-reactive ketones (excluding diaryl/α,β-unsaturated/α-hetero) is 1. The molecule has 0 spiro atoms. The number of hydrogen-bond donors (Lipinski definition) is 3. The summed E-state index contributed by atoms with van der Waals surface area (Å²) < 4.78 is 5.54. The fourth-order valence-corrected chi connectivity index (χ4v) is 6.02. The maximum Gasteiger partial charge on any atom is 0.246 e. The van der Waals surface area contributed by atoms with Crippen molar-refractivity contribution in [3.63, 3.8) is 0 Å². The average Bonchev–Trinajstić information content (AvgIpc) is 3.44. The number of hydrogen-bond acceptors (Lipinski definition) is 8. The molecule has 0 saturated carbocycles. The topological polar surface area (TPSA) is 134 Å². The van der Waals surface area contributed by atoms with Crippen molar-refractivity contribution in [2.24, 2.45) is 0 Å². The van der Waals surface area contributed by atoms with E-state index in [4.69, 9.17) is 17.0 Å². The Bertz CT molecular complexity index is 1150. The highest BCUT2D eigenvalue weighted by molar-refractivity contribution is 8.23.